The second kappa shape index (κ2) is 4.79. The van der Waals surface area contributed by atoms with Crippen molar-refractivity contribution in [2.75, 3.05) is 0 Å². The van der Waals surface area contributed by atoms with E-state index in [0.717, 1.165) is 11.1 Å². The lowest BCUT2D eigenvalue weighted by Gasteiger charge is -2.12. The molecular formula is C14H12BrF. The van der Waals surface area contributed by atoms with Crippen LogP contribution in [0.15, 0.2) is 48.5 Å². The predicted octanol–water partition coefficient (Wildman–Crippen LogP) is 4.62. The second-order valence-electron chi connectivity index (χ2n) is 3.80. The number of aryl methyl sites for hydroxylation is 1. The van der Waals surface area contributed by atoms with Gasteiger partial charge in [0, 0.05) is 5.56 Å². The monoisotopic (exact) mass is 278 g/mol. The summed E-state index contributed by atoms with van der Waals surface area (Å²) >= 11 is 3.53. The highest BCUT2D eigenvalue weighted by molar-refractivity contribution is 9.09. The van der Waals surface area contributed by atoms with Gasteiger partial charge < -0.3 is 0 Å². The fraction of sp³-hybridized carbons (Fsp3) is 0.143. The van der Waals surface area contributed by atoms with Gasteiger partial charge in [-0.15, -0.1) is 0 Å². The number of alkyl halides is 1. The molecule has 0 aromatic heterocycles. The molecule has 16 heavy (non-hydrogen) atoms. The lowest BCUT2D eigenvalue weighted by Crippen LogP contribution is -1.96. The Labute approximate surface area is 103 Å². The van der Waals surface area contributed by atoms with E-state index in [1.54, 1.807) is 6.07 Å². The van der Waals surface area contributed by atoms with Gasteiger partial charge in [-0.3, -0.25) is 0 Å². The predicted molar refractivity (Wildman–Crippen MR) is 68.3 cm³/mol. The van der Waals surface area contributed by atoms with Crippen molar-refractivity contribution in [3.8, 4) is 0 Å². The molecule has 0 saturated carbocycles. The van der Waals surface area contributed by atoms with E-state index in [9.17, 15) is 4.39 Å². The van der Waals surface area contributed by atoms with E-state index < -0.39 is 0 Å². The number of halogens is 2. The second-order valence-corrected chi connectivity index (χ2v) is 4.71. The van der Waals surface area contributed by atoms with Crippen LogP contribution in [0.3, 0.4) is 0 Å². The summed E-state index contributed by atoms with van der Waals surface area (Å²) in [5.74, 6) is -0.161. The fourth-order valence-corrected chi connectivity index (χ4v) is 2.32. The Morgan fingerprint density at radius 2 is 1.75 bits per heavy atom. The van der Waals surface area contributed by atoms with Crippen LogP contribution in [0.1, 0.15) is 21.5 Å². The van der Waals surface area contributed by atoms with Gasteiger partial charge in [-0.25, -0.2) is 4.39 Å². The lowest BCUT2D eigenvalue weighted by molar-refractivity contribution is 0.612. The third-order valence-electron chi connectivity index (χ3n) is 2.52. The van der Waals surface area contributed by atoms with E-state index >= 15 is 0 Å². The van der Waals surface area contributed by atoms with E-state index in [4.69, 9.17) is 0 Å². The Bertz CT molecular complexity index is 479. The van der Waals surface area contributed by atoms with Gasteiger partial charge in [0.1, 0.15) is 5.82 Å². The van der Waals surface area contributed by atoms with Gasteiger partial charge >= 0.3 is 0 Å². The van der Waals surface area contributed by atoms with Crippen LogP contribution in [0, 0.1) is 12.7 Å². The highest BCUT2D eigenvalue weighted by Gasteiger charge is 2.13. The first-order valence-corrected chi connectivity index (χ1v) is 6.05. The summed E-state index contributed by atoms with van der Waals surface area (Å²) in [6, 6.07) is 15.1. The molecule has 0 spiro atoms. The van der Waals surface area contributed by atoms with Crippen LogP contribution in [0.5, 0.6) is 0 Å². The first-order valence-electron chi connectivity index (χ1n) is 5.13. The maximum absolute atomic E-state index is 13.8. The molecular weight excluding hydrogens is 267 g/mol. The van der Waals surface area contributed by atoms with Crippen molar-refractivity contribution in [2.24, 2.45) is 0 Å². The van der Waals surface area contributed by atoms with Crippen molar-refractivity contribution in [3.05, 3.63) is 71.0 Å². The van der Waals surface area contributed by atoms with E-state index in [1.807, 2.05) is 49.4 Å². The van der Waals surface area contributed by atoms with Crippen LogP contribution in [-0.4, -0.2) is 0 Å². The molecule has 0 aliphatic carbocycles. The summed E-state index contributed by atoms with van der Waals surface area (Å²) in [6.07, 6.45) is 0. The maximum atomic E-state index is 13.8. The standard InChI is InChI=1S/C14H12BrF/c1-10-7-8-12(13(16)9-10)14(15)11-5-3-2-4-6-11/h2-9,14H,1H3. The van der Waals surface area contributed by atoms with E-state index in [2.05, 4.69) is 15.9 Å². The molecule has 0 heterocycles. The minimum atomic E-state index is -0.161. The largest absolute Gasteiger partial charge is 0.207 e. The summed E-state index contributed by atoms with van der Waals surface area (Å²) in [6.45, 7) is 1.89. The van der Waals surface area contributed by atoms with Crippen molar-refractivity contribution in [1.82, 2.24) is 0 Å². The van der Waals surface area contributed by atoms with Gasteiger partial charge in [-0.05, 0) is 24.1 Å². The first-order chi connectivity index (χ1) is 7.68. The Morgan fingerprint density at radius 1 is 1.06 bits per heavy atom. The number of benzene rings is 2. The van der Waals surface area contributed by atoms with Gasteiger partial charge in [-0.2, -0.15) is 0 Å². The molecule has 0 radical (unpaired) electrons. The molecule has 1 unspecified atom stereocenters. The van der Waals surface area contributed by atoms with E-state index in [1.165, 1.54) is 0 Å². The Balaban J connectivity index is 2.38. The Kier molecular flexibility index (Phi) is 3.39. The van der Waals surface area contributed by atoms with Crippen LogP contribution in [0.4, 0.5) is 4.39 Å². The summed E-state index contributed by atoms with van der Waals surface area (Å²) in [4.78, 5) is -0.0886. The Morgan fingerprint density at radius 3 is 2.38 bits per heavy atom. The minimum Gasteiger partial charge on any atom is -0.207 e. The molecule has 1 atom stereocenters. The van der Waals surface area contributed by atoms with Crippen molar-refractivity contribution >= 4 is 15.9 Å². The van der Waals surface area contributed by atoms with Crippen LogP contribution in [0.2, 0.25) is 0 Å². The molecule has 82 valence electrons. The van der Waals surface area contributed by atoms with Crippen LogP contribution in [-0.2, 0) is 0 Å². The van der Waals surface area contributed by atoms with Crippen LogP contribution < -0.4 is 0 Å². The summed E-state index contributed by atoms with van der Waals surface area (Å²) in [7, 11) is 0. The van der Waals surface area contributed by atoms with Crippen LogP contribution >= 0.6 is 15.9 Å². The number of hydrogen-bond acceptors (Lipinski definition) is 0. The third kappa shape index (κ3) is 2.33. The summed E-state index contributed by atoms with van der Waals surface area (Å²) < 4.78 is 13.8. The molecule has 0 amide bonds. The van der Waals surface area contributed by atoms with Gasteiger partial charge in [0.25, 0.3) is 0 Å². The fourth-order valence-electron chi connectivity index (χ4n) is 1.64. The molecule has 0 saturated heterocycles. The average molecular weight is 279 g/mol. The number of hydrogen-bond donors (Lipinski definition) is 0. The van der Waals surface area contributed by atoms with Gasteiger partial charge in [0.15, 0.2) is 0 Å². The highest BCUT2D eigenvalue weighted by Crippen LogP contribution is 2.32. The lowest BCUT2D eigenvalue weighted by atomic mass is 10.0. The molecule has 0 nitrogen and oxygen atoms in total. The van der Waals surface area contributed by atoms with Crippen molar-refractivity contribution < 1.29 is 4.39 Å². The van der Waals surface area contributed by atoms with Gasteiger partial charge in [0.2, 0.25) is 0 Å². The molecule has 2 aromatic carbocycles. The van der Waals surface area contributed by atoms with Gasteiger partial charge in [0.05, 0.1) is 4.83 Å². The average Bonchev–Trinajstić information content (AvgIpc) is 2.29. The van der Waals surface area contributed by atoms with Gasteiger partial charge in [-0.1, -0.05) is 58.4 Å². The zero-order chi connectivity index (χ0) is 11.5. The molecule has 0 aliphatic rings. The van der Waals surface area contributed by atoms with Crippen LogP contribution in [0.25, 0.3) is 0 Å². The quantitative estimate of drug-likeness (QED) is 0.704. The zero-order valence-electron chi connectivity index (χ0n) is 8.95. The highest BCUT2D eigenvalue weighted by atomic mass is 79.9. The molecule has 2 aromatic rings. The zero-order valence-corrected chi connectivity index (χ0v) is 10.5. The molecule has 0 fully saturated rings. The van der Waals surface area contributed by atoms with Crippen molar-refractivity contribution in [2.45, 2.75) is 11.8 Å². The Hall–Kier alpha value is -1.15. The van der Waals surface area contributed by atoms with Crippen molar-refractivity contribution in [1.29, 1.82) is 0 Å². The third-order valence-corrected chi connectivity index (χ3v) is 3.54. The summed E-state index contributed by atoms with van der Waals surface area (Å²) in [5, 5.41) is 0. The molecule has 2 heteroatoms. The maximum Gasteiger partial charge on any atom is 0.128 e. The SMILES string of the molecule is Cc1ccc(C(Br)c2ccccc2)c(F)c1. The molecule has 0 aliphatic heterocycles. The van der Waals surface area contributed by atoms with E-state index in [-0.39, 0.29) is 10.6 Å². The molecule has 2 rings (SSSR count). The van der Waals surface area contributed by atoms with Crippen molar-refractivity contribution in [3.63, 3.8) is 0 Å². The first kappa shape index (κ1) is 11.3. The normalized spacial score (nSPS) is 12.4. The topological polar surface area (TPSA) is 0 Å². The molecule has 0 N–H and O–H groups in total. The smallest absolute Gasteiger partial charge is 0.128 e. The number of rotatable bonds is 2. The van der Waals surface area contributed by atoms with E-state index in [0.29, 0.717) is 5.56 Å². The molecule has 0 bridgehead atoms. The summed E-state index contributed by atoms with van der Waals surface area (Å²) in [5.41, 5.74) is 2.68. The minimum absolute atomic E-state index is 0.0886.